The summed E-state index contributed by atoms with van der Waals surface area (Å²) in [5.41, 5.74) is 5.85. The van der Waals surface area contributed by atoms with Crippen molar-refractivity contribution in [3.63, 3.8) is 0 Å². The van der Waals surface area contributed by atoms with Gasteiger partial charge in [-0.1, -0.05) is 13.3 Å². The number of hydrogen-bond acceptors (Lipinski definition) is 4. The van der Waals surface area contributed by atoms with Gasteiger partial charge in [0, 0.05) is 19.7 Å². The van der Waals surface area contributed by atoms with Crippen LogP contribution in [0.15, 0.2) is 0 Å². The van der Waals surface area contributed by atoms with Crippen molar-refractivity contribution in [2.24, 2.45) is 11.7 Å². The Morgan fingerprint density at radius 1 is 1.53 bits per heavy atom. The SMILES string of the molecule is CCN(C(C)C(=O)NCCOC)C1CCCC1CN. The average molecular weight is 271 g/mol. The zero-order valence-corrected chi connectivity index (χ0v) is 12.5. The Morgan fingerprint density at radius 2 is 2.26 bits per heavy atom. The van der Waals surface area contributed by atoms with Gasteiger partial charge < -0.3 is 15.8 Å². The fraction of sp³-hybridized carbons (Fsp3) is 0.929. The molecular formula is C14H29N3O2. The molecule has 0 heterocycles. The molecule has 0 aliphatic heterocycles. The molecule has 5 nitrogen and oxygen atoms in total. The Kier molecular flexibility index (Phi) is 7.34. The zero-order valence-electron chi connectivity index (χ0n) is 12.5. The fourth-order valence-electron chi connectivity index (χ4n) is 3.10. The zero-order chi connectivity index (χ0) is 14.3. The third kappa shape index (κ3) is 4.44. The van der Waals surface area contributed by atoms with E-state index in [4.69, 9.17) is 10.5 Å². The lowest BCUT2D eigenvalue weighted by Crippen LogP contribution is -2.52. The summed E-state index contributed by atoms with van der Waals surface area (Å²) in [4.78, 5) is 14.4. The van der Waals surface area contributed by atoms with Crippen molar-refractivity contribution in [1.82, 2.24) is 10.2 Å². The third-order valence-electron chi connectivity index (χ3n) is 4.20. The number of ether oxygens (including phenoxy) is 1. The number of carbonyl (C=O) groups is 1. The molecule has 1 rings (SSSR count). The Balaban J connectivity index is 2.55. The molecule has 112 valence electrons. The number of rotatable bonds is 8. The van der Waals surface area contributed by atoms with E-state index in [0.29, 0.717) is 25.1 Å². The molecule has 19 heavy (non-hydrogen) atoms. The van der Waals surface area contributed by atoms with Crippen molar-refractivity contribution in [3.05, 3.63) is 0 Å². The van der Waals surface area contributed by atoms with Gasteiger partial charge in [0.25, 0.3) is 0 Å². The molecule has 0 aromatic carbocycles. The summed E-state index contributed by atoms with van der Waals surface area (Å²) in [6, 6.07) is 0.359. The first-order valence-electron chi connectivity index (χ1n) is 7.38. The molecule has 1 amide bonds. The quantitative estimate of drug-likeness (QED) is 0.634. The molecule has 3 atom stereocenters. The van der Waals surface area contributed by atoms with E-state index in [1.807, 2.05) is 6.92 Å². The van der Waals surface area contributed by atoms with E-state index in [1.165, 1.54) is 12.8 Å². The summed E-state index contributed by atoms with van der Waals surface area (Å²) in [6.45, 7) is 6.84. The molecule has 0 aromatic heterocycles. The van der Waals surface area contributed by atoms with Crippen molar-refractivity contribution >= 4 is 5.91 Å². The molecule has 5 heteroatoms. The summed E-state index contributed by atoms with van der Waals surface area (Å²) < 4.78 is 4.95. The molecule has 1 saturated carbocycles. The smallest absolute Gasteiger partial charge is 0.237 e. The number of hydrogen-bond donors (Lipinski definition) is 2. The van der Waals surface area contributed by atoms with Gasteiger partial charge in [-0.15, -0.1) is 0 Å². The van der Waals surface area contributed by atoms with Crippen molar-refractivity contribution < 1.29 is 9.53 Å². The van der Waals surface area contributed by atoms with Gasteiger partial charge in [-0.25, -0.2) is 0 Å². The predicted molar refractivity (Wildman–Crippen MR) is 76.9 cm³/mol. The van der Waals surface area contributed by atoms with Crippen LogP contribution in [0.4, 0.5) is 0 Å². The van der Waals surface area contributed by atoms with Gasteiger partial charge in [-0.2, -0.15) is 0 Å². The van der Waals surface area contributed by atoms with Crippen LogP contribution < -0.4 is 11.1 Å². The normalized spacial score (nSPS) is 24.7. The topological polar surface area (TPSA) is 67.6 Å². The largest absolute Gasteiger partial charge is 0.383 e. The standard InChI is InChI=1S/C14H29N3O2/c1-4-17(13-7-5-6-12(13)10-15)11(2)14(18)16-8-9-19-3/h11-13H,4-10,15H2,1-3H3,(H,16,18). The van der Waals surface area contributed by atoms with Crippen molar-refractivity contribution in [1.29, 1.82) is 0 Å². The number of carbonyl (C=O) groups excluding carboxylic acids is 1. The molecule has 0 aromatic rings. The summed E-state index contributed by atoms with van der Waals surface area (Å²) in [7, 11) is 1.64. The number of nitrogens with two attached hydrogens (primary N) is 1. The minimum atomic E-state index is -0.0981. The molecular weight excluding hydrogens is 242 g/mol. The Morgan fingerprint density at radius 3 is 2.84 bits per heavy atom. The second-order valence-corrected chi connectivity index (χ2v) is 5.28. The summed E-state index contributed by atoms with van der Waals surface area (Å²) >= 11 is 0. The van der Waals surface area contributed by atoms with Crippen LogP contribution in [0.3, 0.4) is 0 Å². The molecule has 1 fully saturated rings. The van der Waals surface area contributed by atoms with E-state index in [2.05, 4.69) is 17.1 Å². The average Bonchev–Trinajstić information content (AvgIpc) is 2.88. The second-order valence-electron chi connectivity index (χ2n) is 5.28. The van der Waals surface area contributed by atoms with E-state index in [0.717, 1.165) is 19.5 Å². The molecule has 0 radical (unpaired) electrons. The maximum atomic E-state index is 12.1. The summed E-state index contributed by atoms with van der Waals surface area (Å²) in [6.07, 6.45) is 3.57. The van der Waals surface area contributed by atoms with Crippen LogP contribution in [0, 0.1) is 5.92 Å². The number of methoxy groups -OCH3 is 1. The highest BCUT2D eigenvalue weighted by molar-refractivity contribution is 5.81. The third-order valence-corrected chi connectivity index (χ3v) is 4.20. The van der Waals surface area contributed by atoms with E-state index in [1.54, 1.807) is 7.11 Å². The van der Waals surface area contributed by atoms with Gasteiger partial charge in [-0.05, 0) is 38.8 Å². The Bertz CT molecular complexity index is 273. The number of likely N-dealkylation sites (N-methyl/N-ethyl adjacent to an activating group) is 1. The monoisotopic (exact) mass is 271 g/mol. The van der Waals surface area contributed by atoms with E-state index in [9.17, 15) is 4.79 Å². The lowest BCUT2D eigenvalue weighted by atomic mass is 10.0. The van der Waals surface area contributed by atoms with Gasteiger partial charge in [0.1, 0.15) is 0 Å². The molecule has 1 aliphatic rings. The van der Waals surface area contributed by atoms with Crippen LogP contribution in [0.5, 0.6) is 0 Å². The highest BCUT2D eigenvalue weighted by Crippen LogP contribution is 2.30. The second kappa shape index (κ2) is 8.51. The molecule has 3 unspecified atom stereocenters. The van der Waals surface area contributed by atoms with E-state index >= 15 is 0 Å². The predicted octanol–water partition coefficient (Wildman–Crippen LogP) is 0.587. The Hall–Kier alpha value is -0.650. The number of nitrogens with one attached hydrogen (secondary N) is 1. The molecule has 1 aliphatic carbocycles. The first kappa shape index (κ1) is 16.4. The Labute approximate surface area is 116 Å². The molecule has 0 bridgehead atoms. The minimum absolute atomic E-state index is 0.0848. The highest BCUT2D eigenvalue weighted by atomic mass is 16.5. The van der Waals surface area contributed by atoms with Crippen LogP contribution in [-0.4, -0.2) is 56.2 Å². The molecule has 0 spiro atoms. The van der Waals surface area contributed by atoms with Crippen molar-refractivity contribution in [3.8, 4) is 0 Å². The lowest BCUT2D eigenvalue weighted by Gasteiger charge is -2.35. The minimum Gasteiger partial charge on any atom is -0.383 e. The maximum absolute atomic E-state index is 12.1. The number of nitrogens with zero attached hydrogens (tertiary/aromatic N) is 1. The van der Waals surface area contributed by atoms with Gasteiger partial charge in [0.05, 0.1) is 12.6 Å². The van der Waals surface area contributed by atoms with Crippen molar-refractivity contribution in [2.75, 3.05) is 33.4 Å². The summed E-state index contributed by atoms with van der Waals surface area (Å²) in [5.74, 6) is 0.621. The van der Waals surface area contributed by atoms with Crippen LogP contribution in [0.2, 0.25) is 0 Å². The maximum Gasteiger partial charge on any atom is 0.237 e. The van der Waals surface area contributed by atoms with E-state index < -0.39 is 0 Å². The summed E-state index contributed by atoms with van der Waals surface area (Å²) in [5, 5.41) is 2.92. The first-order valence-corrected chi connectivity index (χ1v) is 7.38. The van der Waals surface area contributed by atoms with E-state index in [-0.39, 0.29) is 11.9 Å². The van der Waals surface area contributed by atoms with Crippen LogP contribution in [0.1, 0.15) is 33.1 Å². The van der Waals surface area contributed by atoms with Crippen molar-refractivity contribution in [2.45, 2.75) is 45.2 Å². The van der Waals surface area contributed by atoms with Gasteiger partial charge >= 0.3 is 0 Å². The molecule has 3 N–H and O–H groups in total. The van der Waals surface area contributed by atoms with Crippen LogP contribution in [0.25, 0.3) is 0 Å². The van der Waals surface area contributed by atoms with Gasteiger partial charge in [-0.3, -0.25) is 9.69 Å². The molecule has 0 saturated heterocycles. The van der Waals surface area contributed by atoms with Gasteiger partial charge in [0.15, 0.2) is 0 Å². The fourth-order valence-corrected chi connectivity index (χ4v) is 3.10. The number of amides is 1. The highest BCUT2D eigenvalue weighted by Gasteiger charge is 2.34. The van der Waals surface area contributed by atoms with Crippen LogP contribution in [-0.2, 0) is 9.53 Å². The lowest BCUT2D eigenvalue weighted by molar-refractivity contribution is -0.127. The first-order chi connectivity index (χ1) is 9.15. The van der Waals surface area contributed by atoms with Gasteiger partial charge in [0.2, 0.25) is 5.91 Å². The van der Waals surface area contributed by atoms with Crippen LogP contribution >= 0.6 is 0 Å².